The molecule has 0 aliphatic carbocycles. The molecule has 1 heterocycles. The number of aromatic carboxylic acids is 1. The van der Waals surface area contributed by atoms with Crippen LogP contribution in [0.5, 0.6) is 5.75 Å². The Kier molecular flexibility index (Phi) is 6.14. The van der Waals surface area contributed by atoms with Gasteiger partial charge in [0.05, 0.1) is 18.3 Å². The van der Waals surface area contributed by atoms with Gasteiger partial charge in [-0.1, -0.05) is 29.8 Å². The molecule has 2 aromatic rings. The van der Waals surface area contributed by atoms with E-state index in [4.69, 9.17) is 14.6 Å². The molecular formula is C22H27NO4. The van der Waals surface area contributed by atoms with Crippen molar-refractivity contribution in [2.75, 3.05) is 26.3 Å². The first-order valence-corrected chi connectivity index (χ1v) is 9.33. The van der Waals surface area contributed by atoms with Crippen LogP contribution >= 0.6 is 0 Å². The number of nitrogens with zero attached hydrogens (tertiary/aromatic N) is 1. The number of carboxylic acids is 1. The second-order valence-electron chi connectivity index (χ2n) is 7.21. The molecule has 0 aromatic heterocycles. The highest BCUT2D eigenvalue weighted by molar-refractivity contribution is 5.87. The fraction of sp³-hybridized carbons (Fsp3) is 0.409. The van der Waals surface area contributed by atoms with Gasteiger partial charge in [0, 0.05) is 19.1 Å². The van der Waals surface area contributed by atoms with Crippen LogP contribution in [0.4, 0.5) is 0 Å². The fourth-order valence-electron chi connectivity index (χ4n) is 3.41. The highest BCUT2D eigenvalue weighted by Crippen LogP contribution is 2.28. The first-order chi connectivity index (χ1) is 12.9. The fourth-order valence-corrected chi connectivity index (χ4v) is 3.41. The summed E-state index contributed by atoms with van der Waals surface area (Å²) >= 11 is 0. The van der Waals surface area contributed by atoms with Gasteiger partial charge in [-0.05, 0) is 50.1 Å². The van der Waals surface area contributed by atoms with E-state index in [1.54, 1.807) is 24.3 Å². The molecule has 0 spiro atoms. The van der Waals surface area contributed by atoms with E-state index >= 15 is 0 Å². The summed E-state index contributed by atoms with van der Waals surface area (Å²) in [6.45, 7) is 9.17. The minimum atomic E-state index is -0.946. The number of ether oxygens (including phenoxy) is 2. The Morgan fingerprint density at radius 1 is 1.26 bits per heavy atom. The molecule has 2 atom stereocenters. The number of aryl methyl sites for hydroxylation is 2. The molecule has 0 bridgehead atoms. The molecule has 1 fully saturated rings. The summed E-state index contributed by atoms with van der Waals surface area (Å²) in [4.78, 5) is 13.4. The van der Waals surface area contributed by atoms with Crippen molar-refractivity contribution in [2.45, 2.75) is 32.9 Å². The molecule has 0 radical (unpaired) electrons. The third-order valence-electron chi connectivity index (χ3n) is 5.07. The summed E-state index contributed by atoms with van der Waals surface area (Å²) < 4.78 is 11.9. The molecule has 27 heavy (non-hydrogen) atoms. The lowest BCUT2D eigenvalue weighted by molar-refractivity contribution is -0.0629. The zero-order valence-corrected chi connectivity index (χ0v) is 16.1. The van der Waals surface area contributed by atoms with Gasteiger partial charge in [0.2, 0.25) is 0 Å². The van der Waals surface area contributed by atoms with E-state index in [0.29, 0.717) is 25.0 Å². The number of benzene rings is 2. The van der Waals surface area contributed by atoms with Gasteiger partial charge in [0.25, 0.3) is 0 Å². The van der Waals surface area contributed by atoms with Crippen molar-refractivity contribution >= 4 is 5.97 Å². The largest absolute Gasteiger partial charge is 0.492 e. The van der Waals surface area contributed by atoms with Gasteiger partial charge in [-0.2, -0.15) is 0 Å². The molecule has 1 N–H and O–H groups in total. The lowest BCUT2D eigenvalue weighted by atomic mass is 9.99. The minimum absolute atomic E-state index is 0.0661. The number of morpholine rings is 1. The predicted octanol–water partition coefficient (Wildman–Crippen LogP) is 3.84. The Bertz CT molecular complexity index is 805. The molecule has 2 aromatic carbocycles. The summed E-state index contributed by atoms with van der Waals surface area (Å²) in [6, 6.07) is 13.4. The zero-order valence-electron chi connectivity index (χ0n) is 16.1. The number of hydrogen-bond acceptors (Lipinski definition) is 4. The van der Waals surface area contributed by atoms with E-state index in [1.807, 2.05) is 0 Å². The standard InChI is InChI=1S/C22H27NO4/c1-15-7-8-16(2)20(11-15)21-13-23(17(3)14-27-21)9-10-26-19-6-4-5-18(12-19)22(24)25/h4-8,11-12,17,21H,9-10,13-14H2,1-3H3,(H,24,25). The van der Waals surface area contributed by atoms with Crippen LogP contribution in [0.2, 0.25) is 0 Å². The SMILES string of the molecule is Cc1ccc(C)c(C2CN(CCOc3cccc(C(=O)O)c3)C(C)CO2)c1. The molecule has 144 valence electrons. The lowest BCUT2D eigenvalue weighted by Crippen LogP contribution is -2.46. The number of rotatable bonds is 6. The molecule has 0 saturated carbocycles. The van der Waals surface area contributed by atoms with Gasteiger partial charge in [0.15, 0.2) is 0 Å². The van der Waals surface area contributed by atoms with Crippen LogP contribution in [0.15, 0.2) is 42.5 Å². The van der Waals surface area contributed by atoms with Crippen molar-refractivity contribution in [3.63, 3.8) is 0 Å². The van der Waals surface area contributed by atoms with Crippen LogP contribution in [0.3, 0.4) is 0 Å². The maximum Gasteiger partial charge on any atom is 0.335 e. The average molecular weight is 369 g/mol. The van der Waals surface area contributed by atoms with Crippen LogP contribution < -0.4 is 4.74 Å². The van der Waals surface area contributed by atoms with Crippen molar-refractivity contribution < 1.29 is 19.4 Å². The quantitative estimate of drug-likeness (QED) is 0.838. The van der Waals surface area contributed by atoms with E-state index in [9.17, 15) is 4.79 Å². The zero-order chi connectivity index (χ0) is 19.4. The highest BCUT2D eigenvalue weighted by Gasteiger charge is 2.27. The van der Waals surface area contributed by atoms with Crippen LogP contribution in [-0.2, 0) is 4.74 Å². The van der Waals surface area contributed by atoms with Crippen LogP contribution in [-0.4, -0.2) is 48.3 Å². The first kappa shape index (κ1) is 19.4. The predicted molar refractivity (Wildman–Crippen MR) is 105 cm³/mol. The van der Waals surface area contributed by atoms with Gasteiger partial charge in [0.1, 0.15) is 12.4 Å². The number of carbonyl (C=O) groups is 1. The maximum atomic E-state index is 11.1. The summed E-state index contributed by atoms with van der Waals surface area (Å²) in [5, 5.41) is 9.07. The van der Waals surface area contributed by atoms with E-state index in [2.05, 4.69) is 43.9 Å². The maximum absolute atomic E-state index is 11.1. The molecular weight excluding hydrogens is 342 g/mol. The molecule has 5 heteroatoms. The summed E-state index contributed by atoms with van der Waals surface area (Å²) in [7, 11) is 0. The smallest absolute Gasteiger partial charge is 0.335 e. The van der Waals surface area contributed by atoms with Gasteiger partial charge < -0.3 is 14.6 Å². The van der Waals surface area contributed by atoms with Crippen molar-refractivity contribution in [1.29, 1.82) is 0 Å². The van der Waals surface area contributed by atoms with Crippen molar-refractivity contribution in [3.05, 3.63) is 64.7 Å². The Labute approximate surface area is 160 Å². The molecule has 0 amide bonds. The third kappa shape index (κ3) is 4.87. The highest BCUT2D eigenvalue weighted by atomic mass is 16.5. The second-order valence-corrected chi connectivity index (χ2v) is 7.21. The van der Waals surface area contributed by atoms with Gasteiger partial charge >= 0.3 is 5.97 Å². The van der Waals surface area contributed by atoms with Crippen LogP contribution in [0, 0.1) is 13.8 Å². The van der Waals surface area contributed by atoms with E-state index in [0.717, 1.165) is 13.1 Å². The van der Waals surface area contributed by atoms with Crippen LogP contribution in [0.1, 0.15) is 40.1 Å². The van der Waals surface area contributed by atoms with Gasteiger partial charge in [-0.15, -0.1) is 0 Å². The summed E-state index contributed by atoms with van der Waals surface area (Å²) in [5.41, 5.74) is 3.98. The minimum Gasteiger partial charge on any atom is -0.492 e. The summed E-state index contributed by atoms with van der Waals surface area (Å²) in [5.74, 6) is -0.361. The second kappa shape index (κ2) is 8.55. The third-order valence-corrected chi connectivity index (χ3v) is 5.07. The van der Waals surface area contributed by atoms with Crippen molar-refractivity contribution in [2.24, 2.45) is 0 Å². The Balaban J connectivity index is 1.60. The molecule has 1 aliphatic rings. The Morgan fingerprint density at radius 2 is 2.07 bits per heavy atom. The van der Waals surface area contributed by atoms with Gasteiger partial charge in [-0.3, -0.25) is 4.90 Å². The molecule has 1 aliphatic heterocycles. The number of carboxylic acid groups (broad SMARTS) is 1. The Hall–Kier alpha value is -2.37. The van der Waals surface area contributed by atoms with Gasteiger partial charge in [-0.25, -0.2) is 4.79 Å². The lowest BCUT2D eigenvalue weighted by Gasteiger charge is -2.38. The molecule has 1 saturated heterocycles. The molecule has 3 rings (SSSR count). The van der Waals surface area contributed by atoms with Crippen molar-refractivity contribution in [3.8, 4) is 5.75 Å². The van der Waals surface area contributed by atoms with Crippen LogP contribution in [0.25, 0.3) is 0 Å². The average Bonchev–Trinajstić information content (AvgIpc) is 2.65. The van der Waals surface area contributed by atoms with E-state index in [-0.39, 0.29) is 11.7 Å². The summed E-state index contributed by atoms with van der Waals surface area (Å²) in [6.07, 6.45) is 0.0661. The molecule has 5 nitrogen and oxygen atoms in total. The van der Waals surface area contributed by atoms with Crippen molar-refractivity contribution in [1.82, 2.24) is 4.90 Å². The first-order valence-electron chi connectivity index (χ1n) is 9.33. The molecule has 2 unspecified atom stereocenters. The van der Waals surface area contributed by atoms with E-state index in [1.165, 1.54) is 16.7 Å². The monoisotopic (exact) mass is 369 g/mol. The normalized spacial score (nSPS) is 20.4. The Morgan fingerprint density at radius 3 is 2.85 bits per heavy atom. The number of hydrogen-bond donors (Lipinski definition) is 1. The van der Waals surface area contributed by atoms with E-state index < -0.39 is 5.97 Å². The topological polar surface area (TPSA) is 59.0 Å².